The third-order valence-electron chi connectivity index (χ3n) is 4.45. The maximum atomic E-state index is 5.43. The van der Waals surface area contributed by atoms with E-state index in [1.54, 1.807) is 21.3 Å². The van der Waals surface area contributed by atoms with Gasteiger partial charge in [0.05, 0.1) is 21.3 Å². The highest BCUT2D eigenvalue weighted by Gasteiger charge is 2.14. The molecule has 0 spiro atoms. The molecule has 0 fully saturated rings. The van der Waals surface area contributed by atoms with Crippen LogP contribution < -0.4 is 24.8 Å². The van der Waals surface area contributed by atoms with Gasteiger partial charge in [-0.1, -0.05) is 0 Å². The Balaban J connectivity index is 0.00000480. The first-order chi connectivity index (χ1) is 14.5. The van der Waals surface area contributed by atoms with Crippen molar-refractivity contribution in [3.8, 4) is 17.2 Å². The first-order valence-electron chi connectivity index (χ1n) is 9.81. The molecule has 0 radical (unpaired) electrons. The molecular formula is C20H33IN6O4. The second-order valence-electron chi connectivity index (χ2n) is 6.40. The second-order valence-corrected chi connectivity index (χ2v) is 6.40. The van der Waals surface area contributed by atoms with Crippen molar-refractivity contribution >= 4 is 35.6 Å². The van der Waals surface area contributed by atoms with Crippen molar-refractivity contribution in [2.45, 2.75) is 26.8 Å². The number of anilines is 1. The standard InChI is InChI=1S/C20H32N6O4.HI/c1-7-30-10-8-9-21-20(22-13-18-25-24-14(2)26(18)3)23-15-11-16(27-4)19(29-6)17(12-15)28-5;/h11-12H,7-10,13H2,1-6H3,(H2,21,22,23);1H. The summed E-state index contributed by atoms with van der Waals surface area (Å²) in [4.78, 5) is 4.65. The average molecular weight is 548 g/mol. The van der Waals surface area contributed by atoms with E-state index in [1.165, 1.54) is 0 Å². The Labute approximate surface area is 200 Å². The number of aryl methyl sites for hydroxylation is 1. The van der Waals surface area contributed by atoms with Crippen LogP contribution in [0, 0.1) is 6.92 Å². The molecule has 10 nitrogen and oxygen atoms in total. The summed E-state index contributed by atoms with van der Waals surface area (Å²) < 4.78 is 23.6. The number of rotatable bonds is 11. The lowest BCUT2D eigenvalue weighted by molar-refractivity contribution is 0.146. The number of halogens is 1. The Kier molecular flexibility index (Phi) is 12.0. The maximum absolute atomic E-state index is 5.43. The van der Waals surface area contributed by atoms with E-state index in [-0.39, 0.29) is 24.0 Å². The van der Waals surface area contributed by atoms with Gasteiger partial charge in [-0.05, 0) is 20.3 Å². The fraction of sp³-hybridized carbons (Fsp3) is 0.550. The van der Waals surface area contributed by atoms with Gasteiger partial charge in [0.1, 0.15) is 12.4 Å². The van der Waals surface area contributed by atoms with E-state index in [1.807, 2.05) is 37.6 Å². The van der Waals surface area contributed by atoms with Gasteiger partial charge in [-0.15, -0.1) is 34.2 Å². The van der Waals surface area contributed by atoms with Gasteiger partial charge in [0.25, 0.3) is 0 Å². The van der Waals surface area contributed by atoms with Crippen molar-refractivity contribution in [2.75, 3.05) is 46.4 Å². The molecule has 2 aromatic rings. The number of aromatic nitrogens is 3. The Morgan fingerprint density at radius 1 is 1.10 bits per heavy atom. The van der Waals surface area contributed by atoms with E-state index in [2.05, 4.69) is 25.8 Å². The quantitative estimate of drug-likeness (QED) is 0.191. The molecule has 0 saturated heterocycles. The van der Waals surface area contributed by atoms with Crippen LogP contribution >= 0.6 is 24.0 Å². The van der Waals surface area contributed by atoms with Gasteiger partial charge in [-0.2, -0.15) is 0 Å². The number of nitrogens with zero attached hydrogens (tertiary/aromatic N) is 4. The largest absolute Gasteiger partial charge is 0.493 e. The number of ether oxygens (including phenoxy) is 4. The molecule has 1 aromatic carbocycles. The van der Waals surface area contributed by atoms with Crippen molar-refractivity contribution in [1.29, 1.82) is 0 Å². The molecule has 0 saturated carbocycles. The van der Waals surface area contributed by atoms with E-state index >= 15 is 0 Å². The lowest BCUT2D eigenvalue weighted by Crippen LogP contribution is -2.32. The van der Waals surface area contributed by atoms with Crippen molar-refractivity contribution in [1.82, 2.24) is 20.1 Å². The van der Waals surface area contributed by atoms with E-state index in [0.717, 1.165) is 23.8 Å². The Bertz CT molecular complexity index is 818. The molecule has 2 N–H and O–H groups in total. The van der Waals surface area contributed by atoms with Crippen LogP contribution in [0.25, 0.3) is 0 Å². The van der Waals surface area contributed by atoms with Gasteiger partial charge in [-0.3, -0.25) is 0 Å². The van der Waals surface area contributed by atoms with Crippen molar-refractivity contribution in [3.05, 3.63) is 23.8 Å². The van der Waals surface area contributed by atoms with Crippen LogP contribution in [0.15, 0.2) is 17.1 Å². The molecule has 31 heavy (non-hydrogen) atoms. The third-order valence-corrected chi connectivity index (χ3v) is 4.45. The van der Waals surface area contributed by atoms with E-state index < -0.39 is 0 Å². The second kappa shape index (κ2) is 13.9. The minimum Gasteiger partial charge on any atom is -0.493 e. The normalized spacial score (nSPS) is 11.0. The molecule has 1 aromatic heterocycles. The zero-order chi connectivity index (χ0) is 21.9. The van der Waals surface area contributed by atoms with Crippen LogP contribution in [0.4, 0.5) is 5.69 Å². The summed E-state index contributed by atoms with van der Waals surface area (Å²) in [5.74, 6) is 3.85. The molecule has 0 aliphatic carbocycles. The van der Waals surface area contributed by atoms with Gasteiger partial charge < -0.3 is 34.1 Å². The number of aliphatic imine (C=N–C) groups is 1. The smallest absolute Gasteiger partial charge is 0.203 e. The molecule has 174 valence electrons. The highest BCUT2D eigenvalue weighted by atomic mass is 127. The minimum absolute atomic E-state index is 0. The van der Waals surface area contributed by atoms with Crippen molar-refractivity contribution < 1.29 is 18.9 Å². The van der Waals surface area contributed by atoms with E-state index in [0.29, 0.717) is 49.5 Å². The van der Waals surface area contributed by atoms with Gasteiger partial charge in [-0.25, -0.2) is 4.99 Å². The topological polar surface area (TPSA) is 104 Å². The van der Waals surface area contributed by atoms with E-state index in [4.69, 9.17) is 18.9 Å². The molecule has 11 heteroatoms. The zero-order valence-electron chi connectivity index (χ0n) is 19.0. The summed E-state index contributed by atoms with van der Waals surface area (Å²) in [6.45, 7) is 6.35. The Morgan fingerprint density at radius 3 is 2.29 bits per heavy atom. The van der Waals surface area contributed by atoms with Crippen LogP contribution in [-0.2, 0) is 18.3 Å². The van der Waals surface area contributed by atoms with Gasteiger partial charge in [0, 0.05) is 44.6 Å². The molecule has 0 aliphatic rings. The summed E-state index contributed by atoms with van der Waals surface area (Å²) in [7, 11) is 6.65. The number of methoxy groups -OCH3 is 3. The fourth-order valence-electron chi connectivity index (χ4n) is 2.69. The summed E-state index contributed by atoms with van der Waals surface area (Å²) in [6.07, 6.45) is 0.854. The highest BCUT2D eigenvalue weighted by Crippen LogP contribution is 2.39. The van der Waals surface area contributed by atoms with Crippen LogP contribution in [0.3, 0.4) is 0 Å². The number of hydrogen-bond acceptors (Lipinski definition) is 7. The molecule has 0 unspecified atom stereocenters. The van der Waals surface area contributed by atoms with Gasteiger partial charge >= 0.3 is 0 Å². The molecule has 1 heterocycles. The molecule has 0 atom stereocenters. The number of guanidine groups is 1. The Hall–Kier alpha value is -2.28. The molecule has 0 amide bonds. The van der Waals surface area contributed by atoms with Crippen LogP contribution in [0.2, 0.25) is 0 Å². The summed E-state index contributed by atoms with van der Waals surface area (Å²) >= 11 is 0. The lowest BCUT2D eigenvalue weighted by atomic mass is 10.2. The summed E-state index contributed by atoms with van der Waals surface area (Å²) in [5, 5.41) is 14.9. The zero-order valence-corrected chi connectivity index (χ0v) is 21.4. The molecule has 0 aliphatic heterocycles. The van der Waals surface area contributed by atoms with E-state index in [9.17, 15) is 0 Å². The molecular weight excluding hydrogens is 515 g/mol. The fourth-order valence-corrected chi connectivity index (χ4v) is 2.69. The van der Waals surface area contributed by atoms with Crippen molar-refractivity contribution in [3.63, 3.8) is 0 Å². The Morgan fingerprint density at radius 2 is 1.77 bits per heavy atom. The first kappa shape index (κ1) is 26.8. The summed E-state index contributed by atoms with van der Waals surface area (Å²) in [6, 6.07) is 3.65. The number of benzene rings is 1. The highest BCUT2D eigenvalue weighted by molar-refractivity contribution is 14.0. The lowest BCUT2D eigenvalue weighted by Gasteiger charge is -2.17. The van der Waals surface area contributed by atoms with Crippen molar-refractivity contribution in [2.24, 2.45) is 12.0 Å². The van der Waals surface area contributed by atoms with Gasteiger partial charge in [0.2, 0.25) is 5.75 Å². The number of nitrogens with one attached hydrogen (secondary N) is 2. The summed E-state index contributed by atoms with van der Waals surface area (Å²) in [5.41, 5.74) is 0.745. The van der Waals surface area contributed by atoms with Crippen LogP contribution in [0.1, 0.15) is 25.0 Å². The molecule has 0 bridgehead atoms. The van der Waals surface area contributed by atoms with Gasteiger partial charge in [0.15, 0.2) is 23.3 Å². The molecule has 2 rings (SSSR count). The van der Waals surface area contributed by atoms with Crippen LogP contribution in [0.5, 0.6) is 17.2 Å². The average Bonchev–Trinajstić information content (AvgIpc) is 3.08. The number of hydrogen-bond donors (Lipinski definition) is 2. The first-order valence-corrected chi connectivity index (χ1v) is 9.81. The SMILES string of the molecule is CCOCCCNC(=NCc1nnc(C)n1C)Nc1cc(OC)c(OC)c(OC)c1.I. The third kappa shape index (κ3) is 7.73. The monoisotopic (exact) mass is 548 g/mol. The maximum Gasteiger partial charge on any atom is 0.203 e. The predicted molar refractivity (Wildman–Crippen MR) is 131 cm³/mol. The minimum atomic E-state index is 0. The van der Waals surface area contributed by atoms with Crippen LogP contribution in [-0.4, -0.2) is 61.8 Å². The predicted octanol–water partition coefficient (Wildman–Crippen LogP) is 2.75.